The van der Waals surface area contributed by atoms with E-state index in [1.54, 1.807) is 26.3 Å². The maximum Gasteiger partial charge on any atom is 0.340 e. The molecule has 1 heterocycles. The van der Waals surface area contributed by atoms with Crippen LogP contribution >= 0.6 is 0 Å². The molecule has 2 aromatic carbocycles. The molecule has 6 nitrogen and oxygen atoms in total. The molecule has 0 radical (unpaired) electrons. The molecular weight excluding hydrogens is 378 g/mol. The van der Waals surface area contributed by atoms with Crippen LogP contribution in [0.3, 0.4) is 0 Å². The molecule has 6 heteroatoms. The summed E-state index contributed by atoms with van der Waals surface area (Å²) in [6, 6.07) is 17.3. The predicted octanol–water partition coefficient (Wildman–Crippen LogP) is 4.40. The third-order valence-electron chi connectivity index (χ3n) is 4.87. The van der Waals surface area contributed by atoms with Gasteiger partial charge in [-0.1, -0.05) is 30.3 Å². The van der Waals surface area contributed by atoms with Gasteiger partial charge in [0.2, 0.25) is 0 Å². The van der Waals surface area contributed by atoms with Crippen molar-refractivity contribution in [1.82, 2.24) is 9.99 Å². The molecule has 0 fully saturated rings. The molecule has 0 spiro atoms. The van der Waals surface area contributed by atoms with Gasteiger partial charge < -0.3 is 19.5 Å². The highest BCUT2D eigenvalue weighted by atomic mass is 16.5. The van der Waals surface area contributed by atoms with Crippen molar-refractivity contribution in [2.24, 2.45) is 5.10 Å². The SMILES string of the molecule is CCOC(=O)c1ccccc1-n1c(C)cc(/C=N/NCc2ccccc2OC)c1C. The van der Waals surface area contributed by atoms with Gasteiger partial charge in [-0.05, 0) is 45.0 Å². The molecule has 0 saturated carbocycles. The second kappa shape index (κ2) is 9.78. The topological polar surface area (TPSA) is 64.9 Å². The molecule has 0 unspecified atom stereocenters. The van der Waals surface area contributed by atoms with Crippen molar-refractivity contribution in [3.05, 3.63) is 82.7 Å². The van der Waals surface area contributed by atoms with Crippen LogP contribution in [0.15, 0.2) is 59.7 Å². The number of hydrogen-bond donors (Lipinski definition) is 1. The molecule has 0 atom stereocenters. The quantitative estimate of drug-likeness (QED) is 0.343. The fourth-order valence-corrected chi connectivity index (χ4v) is 3.43. The highest BCUT2D eigenvalue weighted by molar-refractivity contribution is 5.94. The number of para-hydroxylation sites is 2. The zero-order valence-electron chi connectivity index (χ0n) is 17.8. The second-order valence-corrected chi connectivity index (χ2v) is 6.80. The van der Waals surface area contributed by atoms with Gasteiger partial charge in [-0.25, -0.2) is 4.79 Å². The summed E-state index contributed by atoms with van der Waals surface area (Å²) in [6.07, 6.45) is 1.79. The van der Waals surface area contributed by atoms with Crippen LogP contribution in [0.1, 0.15) is 39.8 Å². The largest absolute Gasteiger partial charge is 0.496 e. The maximum absolute atomic E-state index is 12.4. The lowest BCUT2D eigenvalue weighted by molar-refractivity contribution is 0.0526. The van der Waals surface area contributed by atoms with E-state index in [1.807, 2.05) is 66.9 Å². The normalized spacial score (nSPS) is 10.9. The van der Waals surface area contributed by atoms with Gasteiger partial charge in [0.05, 0.1) is 37.7 Å². The van der Waals surface area contributed by atoms with Crippen LogP contribution in [-0.4, -0.2) is 30.5 Å². The Kier molecular flexibility index (Phi) is 6.91. The van der Waals surface area contributed by atoms with Gasteiger partial charge >= 0.3 is 5.97 Å². The van der Waals surface area contributed by atoms with E-state index < -0.39 is 0 Å². The molecule has 0 aliphatic rings. The third-order valence-corrected chi connectivity index (χ3v) is 4.87. The van der Waals surface area contributed by atoms with Crippen LogP contribution in [0.5, 0.6) is 5.75 Å². The number of methoxy groups -OCH3 is 1. The van der Waals surface area contributed by atoms with Crippen LogP contribution in [0, 0.1) is 13.8 Å². The average molecular weight is 405 g/mol. The van der Waals surface area contributed by atoms with E-state index in [1.165, 1.54) is 0 Å². The number of nitrogens with zero attached hydrogens (tertiary/aromatic N) is 2. The van der Waals surface area contributed by atoms with Crippen molar-refractivity contribution in [3.63, 3.8) is 0 Å². The van der Waals surface area contributed by atoms with E-state index in [4.69, 9.17) is 9.47 Å². The standard InChI is InChI=1S/C24H27N3O3/c1-5-30-24(28)21-11-7-8-12-22(21)27-17(2)14-20(18(27)3)16-26-25-15-19-10-6-9-13-23(19)29-4/h6-14,16,25H,5,15H2,1-4H3/b26-16+. The van der Waals surface area contributed by atoms with Crippen molar-refractivity contribution >= 4 is 12.2 Å². The number of carbonyl (C=O) groups is 1. The Labute approximate surface area is 177 Å². The average Bonchev–Trinajstić information content (AvgIpc) is 3.04. The van der Waals surface area contributed by atoms with Crippen molar-refractivity contribution in [2.45, 2.75) is 27.3 Å². The van der Waals surface area contributed by atoms with Crippen LogP contribution in [0.4, 0.5) is 0 Å². The van der Waals surface area contributed by atoms with Crippen LogP contribution in [-0.2, 0) is 11.3 Å². The van der Waals surface area contributed by atoms with Crippen LogP contribution < -0.4 is 10.2 Å². The van der Waals surface area contributed by atoms with Gasteiger partial charge in [-0.3, -0.25) is 0 Å². The molecular formula is C24H27N3O3. The van der Waals surface area contributed by atoms with E-state index in [0.29, 0.717) is 18.7 Å². The number of carbonyl (C=O) groups excluding carboxylic acids is 1. The number of benzene rings is 2. The second-order valence-electron chi connectivity index (χ2n) is 6.80. The number of esters is 1. The number of rotatable bonds is 8. The monoisotopic (exact) mass is 405 g/mol. The number of nitrogens with one attached hydrogen (secondary N) is 1. The van der Waals surface area contributed by atoms with Gasteiger partial charge in [-0.2, -0.15) is 5.10 Å². The first-order valence-electron chi connectivity index (χ1n) is 9.90. The van der Waals surface area contributed by atoms with Crippen molar-refractivity contribution < 1.29 is 14.3 Å². The zero-order valence-corrected chi connectivity index (χ0v) is 17.8. The summed E-state index contributed by atoms with van der Waals surface area (Å²) in [5.74, 6) is 0.503. The summed E-state index contributed by atoms with van der Waals surface area (Å²) in [4.78, 5) is 12.4. The van der Waals surface area contributed by atoms with E-state index in [2.05, 4.69) is 10.5 Å². The molecule has 1 aromatic heterocycles. The third kappa shape index (κ3) is 4.54. The molecule has 1 N–H and O–H groups in total. The summed E-state index contributed by atoms with van der Waals surface area (Å²) in [5, 5.41) is 4.37. The lowest BCUT2D eigenvalue weighted by Crippen LogP contribution is -2.11. The summed E-state index contributed by atoms with van der Waals surface area (Å²) in [5.41, 5.74) is 8.42. The minimum atomic E-state index is -0.325. The lowest BCUT2D eigenvalue weighted by atomic mass is 10.1. The number of aromatic nitrogens is 1. The lowest BCUT2D eigenvalue weighted by Gasteiger charge is -2.14. The Bertz CT molecular complexity index is 1050. The Morgan fingerprint density at radius 1 is 1.13 bits per heavy atom. The van der Waals surface area contributed by atoms with E-state index in [0.717, 1.165) is 34.0 Å². The Morgan fingerprint density at radius 2 is 1.87 bits per heavy atom. The first-order chi connectivity index (χ1) is 14.6. The molecule has 30 heavy (non-hydrogen) atoms. The van der Waals surface area contributed by atoms with Gasteiger partial charge in [0, 0.05) is 22.5 Å². The fraction of sp³-hybridized carbons (Fsp3) is 0.250. The van der Waals surface area contributed by atoms with Gasteiger partial charge in [0.25, 0.3) is 0 Å². The minimum Gasteiger partial charge on any atom is -0.496 e. The first kappa shape index (κ1) is 21.2. The molecule has 0 bridgehead atoms. The summed E-state index contributed by atoms with van der Waals surface area (Å²) >= 11 is 0. The van der Waals surface area contributed by atoms with Gasteiger partial charge in [-0.15, -0.1) is 0 Å². The minimum absolute atomic E-state index is 0.325. The Morgan fingerprint density at radius 3 is 2.63 bits per heavy atom. The summed E-state index contributed by atoms with van der Waals surface area (Å²) < 4.78 is 12.6. The number of hydrazone groups is 1. The predicted molar refractivity (Wildman–Crippen MR) is 119 cm³/mol. The number of hydrogen-bond acceptors (Lipinski definition) is 5. The van der Waals surface area contributed by atoms with Crippen LogP contribution in [0.2, 0.25) is 0 Å². The highest BCUT2D eigenvalue weighted by Gasteiger charge is 2.17. The summed E-state index contributed by atoms with van der Waals surface area (Å²) in [7, 11) is 1.66. The van der Waals surface area contributed by atoms with E-state index in [-0.39, 0.29) is 5.97 Å². The molecule has 0 aliphatic carbocycles. The number of aryl methyl sites for hydroxylation is 1. The maximum atomic E-state index is 12.4. The summed E-state index contributed by atoms with van der Waals surface area (Å²) in [6.45, 7) is 6.72. The smallest absolute Gasteiger partial charge is 0.340 e. The van der Waals surface area contributed by atoms with Crippen LogP contribution in [0.25, 0.3) is 5.69 Å². The number of ether oxygens (including phenoxy) is 2. The van der Waals surface area contributed by atoms with Gasteiger partial charge in [0.15, 0.2) is 0 Å². The zero-order chi connectivity index (χ0) is 21.5. The molecule has 0 amide bonds. The highest BCUT2D eigenvalue weighted by Crippen LogP contribution is 2.23. The molecule has 0 saturated heterocycles. The van der Waals surface area contributed by atoms with Gasteiger partial charge in [0.1, 0.15) is 5.75 Å². The molecule has 156 valence electrons. The van der Waals surface area contributed by atoms with Crippen molar-refractivity contribution in [1.29, 1.82) is 0 Å². The Balaban J connectivity index is 1.81. The molecule has 3 aromatic rings. The Hall–Kier alpha value is -3.54. The first-order valence-corrected chi connectivity index (χ1v) is 9.90. The fourth-order valence-electron chi connectivity index (χ4n) is 3.43. The van der Waals surface area contributed by atoms with Crippen molar-refractivity contribution in [3.8, 4) is 11.4 Å². The van der Waals surface area contributed by atoms with E-state index in [9.17, 15) is 4.79 Å². The molecule has 0 aliphatic heterocycles. The van der Waals surface area contributed by atoms with Crippen molar-refractivity contribution in [2.75, 3.05) is 13.7 Å². The van der Waals surface area contributed by atoms with E-state index >= 15 is 0 Å². The molecule has 3 rings (SSSR count).